The fourth-order valence-electron chi connectivity index (χ4n) is 4.29. The van der Waals surface area contributed by atoms with Gasteiger partial charge >= 0.3 is 0 Å². The molecule has 16 heavy (non-hydrogen) atoms. The summed E-state index contributed by atoms with van der Waals surface area (Å²) in [4.78, 5) is 2.83. The van der Waals surface area contributed by atoms with Crippen molar-refractivity contribution in [3.8, 4) is 0 Å². The van der Waals surface area contributed by atoms with Gasteiger partial charge in [-0.2, -0.15) is 0 Å². The van der Waals surface area contributed by atoms with E-state index in [0.29, 0.717) is 0 Å². The highest BCUT2D eigenvalue weighted by Crippen LogP contribution is 2.38. The minimum Gasteiger partial charge on any atom is -0.314 e. The second-order valence-corrected chi connectivity index (χ2v) is 6.29. The Labute approximate surface area is 99.8 Å². The highest BCUT2D eigenvalue weighted by molar-refractivity contribution is 4.92. The van der Waals surface area contributed by atoms with Crippen molar-refractivity contribution < 1.29 is 0 Å². The molecule has 2 nitrogen and oxygen atoms in total. The molecule has 3 aliphatic rings. The number of likely N-dealkylation sites (tertiary alicyclic amines) is 1. The molecule has 0 aromatic rings. The van der Waals surface area contributed by atoms with Crippen molar-refractivity contribution in [2.75, 3.05) is 19.6 Å². The Morgan fingerprint density at radius 1 is 1.19 bits per heavy atom. The van der Waals surface area contributed by atoms with Crippen molar-refractivity contribution in [2.24, 2.45) is 11.8 Å². The van der Waals surface area contributed by atoms with E-state index in [1.54, 1.807) is 0 Å². The first-order valence-electron chi connectivity index (χ1n) is 7.30. The number of hydrogen-bond donors (Lipinski definition) is 1. The Kier molecular flexibility index (Phi) is 3.21. The quantitative estimate of drug-likeness (QED) is 0.771. The lowest BCUT2D eigenvalue weighted by atomic mass is 9.92. The van der Waals surface area contributed by atoms with E-state index in [-0.39, 0.29) is 0 Å². The van der Waals surface area contributed by atoms with Crippen molar-refractivity contribution in [1.29, 1.82) is 0 Å². The summed E-state index contributed by atoms with van der Waals surface area (Å²) in [6.07, 6.45) is 8.79. The Hall–Kier alpha value is -0.0800. The smallest absolute Gasteiger partial charge is 0.0124 e. The van der Waals surface area contributed by atoms with Gasteiger partial charge in [0.25, 0.3) is 0 Å². The molecule has 0 radical (unpaired) electrons. The summed E-state index contributed by atoms with van der Waals surface area (Å²) in [5.74, 6) is 2.04. The fraction of sp³-hybridized carbons (Fsp3) is 1.00. The van der Waals surface area contributed by atoms with Gasteiger partial charge in [-0.05, 0) is 64.0 Å². The monoisotopic (exact) mass is 222 g/mol. The molecule has 0 spiro atoms. The molecule has 2 heteroatoms. The van der Waals surface area contributed by atoms with Crippen molar-refractivity contribution >= 4 is 0 Å². The van der Waals surface area contributed by atoms with E-state index in [2.05, 4.69) is 17.1 Å². The molecular weight excluding hydrogens is 196 g/mol. The van der Waals surface area contributed by atoms with Crippen molar-refractivity contribution in [2.45, 2.75) is 57.5 Å². The van der Waals surface area contributed by atoms with E-state index >= 15 is 0 Å². The summed E-state index contributed by atoms with van der Waals surface area (Å²) < 4.78 is 0. The molecule has 1 N–H and O–H groups in total. The highest BCUT2D eigenvalue weighted by atomic mass is 15.2. The van der Waals surface area contributed by atoms with E-state index in [1.165, 1.54) is 58.2 Å². The normalized spacial score (nSPS) is 44.8. The van der Waals surface area contributed by atoms with Crippen LogP contribution in [0.3, 0.4) is 0 Å². The average Bonchev–Trinajstić information content (AvgIpc) is 2.83. The molecule has 0 aromatic heterocycles. The van der Waals surface area contributed by atoms with E-state index in [0.717, 1.165) is 23.9 Å². The first-order chi connectivity index (χ1) is 7.83. The van der Waals surface area contributed by atoms with Crippen molar-refractivity contribution in [3.05, 3.63) is 0 Å². The molecule has 0 aromatic carbocycles. The average molecular weight is 222 g/mol. The lowest BCUT2D eigenvalue weighted by Gasteiger charge is -2.33. The van der Waals surface area contributed by atoms with Gasteiger partial charge in [0.15, 0.2) is 0 Å². The Bertz CT molecular complexity index is 241. The van der Waals surface area contributed by atoms with Gasteiger partial charge in [-0.25, -0.2) is 0 Å². The summed E-state index contributed by atoms with van der Waals surface area (Å²) in [5.41, 5.74) is 0. The molecule has 2 heterocycles. The van der Waals surface area contributed by atoms with Gasteiger partial charge in [-0.15, -0.1) is 0 Å². The van der Waals surface area contributed by atoms with Crippen LogP contribution in [0.5, 0.6) is 0 Å². The molecule has 0 bridgehead atoms. The summed E-state index contributed by atoms with van der Waals surface area (Å²) >= 11 is 0. The number of hydrogen-bond acceptors (Lipinski definition) is 2. The zero-order valence-electron chi connectivity index (χ0n) is 10.6. The largest absolute Gasteiger partial charge is 0.314 e. The minimum absolute atomic E-state index is 0.751. The minimum atomic E-state index is 0.751. The van der Waals surface area contributed by atoms with E-state index in [9.17, 15) is 0 Å². The van der Waals surface area contributed by atoms with Crippen LogP contribution in [0.15, 0.2) is 0 Å². The van der Waals surface area contributed by atoms with Gasteiger partial charge in [0.05, 0.1) is 0 Å². The maximum absolute atomic E-state index is 3.56. The van der Waals surface area contributed by atoms with Gasteiger partial charge in [-0.1, -0.05) is 6.42 Å². The number of piperidine rings is 1. The van der Waals surface area contributed by atoms with Gasteiger partial charge in [0.2, 0.25) is 0 Å². The zero-order chi connectivity index (χ0) is 11.0. The summed E-state index contributed by atoms with van der Waals surface area (Å²) in [7, 11) is 0. The van der Waals surface area contributed by atoms with Crippen LogP contribution in [-0.4, -0.2) is 36.6 Å². The van der Waals surface area contributed by atoms with Crippen LogP contribution < -0.4 is 5.32 Å². The highest BCUT2D eigenvalue weighted by Gasteiger charge is 2.38. The molecule has 3 fully saturated rings. The third-order valence-corrected chi connectivity index (χ3v) is 5.10. The van der Waals surface area contributed by atoms with Crippen LogP contribution in [0, 0.1) is 11.8 Å². The van der Waals surface area contributed by atoms with E-state index in [1.807, 2.05) is 0 Å². The predicted octanol–water partition coefficient (Wildman–Crippen LogP) is 2.25. The molecule has 92 valence electrons. The second-order valence-electron chi connectivity index (χ2n) is 6.29. The molecule has 0 amide bonds. The lowest BCUT2D eigenvalue weighted by molar-refractivity contribution is 0.173. The number of fused-ring (bicyclic) bond motifs is 1. The van der Waals surface area contributed by atoms with Crippen molar-refractivity contribution in [3.63, 3.8) is 0 Å². The topological polar surface area (TPSA) is 15.3 Å². The SMILES string of the molecule is CC1CC(CN2CCC3CCCC32)CCN1. The third kappa shape index (κ3) is 2.14. The summed E-state index contributed by atoms with van der Waals surface area (Å²) in [5, 5.41) is 3.56. The molecule has 3 rings (SSSR count). The molecule has 2 aliphatic heterocycles. The molecular formula is C14H26N2. The maximum Gasteiger partial charge on any atom is 0.0124 e. The molecule has 1 aliphatic carbocycles. The van der Waals surface area contributed by atoms with E-state index in [4.69, 9.17) is 0 Å². The first-order valence-corrected chi connectivity index (χ1v) is 7.30. The zero-order valence-corrected chi connectivity index (χ0v) is 10.6. The maximum atomic E-state index is 3.56. The van der Waals surface area contributed by atoms with Gasteiger partial charge in [0.1, 0.15) is 0 Å². The second kappa shape index (κ2) is 4.66. The third-order valence-electron chi connectivity index (χ3n) is 5.10. The lowest BCUT2D eigenvalue weighted by Crippen LogP contribution is -2.42. The number of rotatable bonds is 2. The van der Waals surface area contributed by atoms with Crippen LogP contribution >= 0.6 is 0 Å². The van der Waals surface area contributed by atoms with Crippen LogP contribution in [0.2, 0.25) is 0 Å². The summed E-state index contributed by atoms with van der Waals surface area (Å²) in [6.45, 7) is 6.38. The van der Waals surface area contributed by atoms with Crippen LogP contribution in [0.4, 0.5) is 0 Å². The first kappa shape index (κ1) is 11.0. The predicted molar refractivity (Wildman–Crippen MR) is 67.5 cm³/mol. The molecule has 2 saturated heterocycles. The standard InChI is InChI=1S/C14H26N2/c1-11-9-12(5-7-15-11)10-16-8-6-13-3-2-4-14(13)16/h11-15H,2-10H2,1H3. The Balaban J connectivity index is 1.54. The van der Waals surface area contributed by atoms with Crippen LogP contribution in [0.25, 0.3) is 0 Å². The number of nitrogens with zero attached hydrogens (tertiary/aromatic N) is 1. The van der Waals surface area contributed by atoms with E-state index < -0.39 is 0 Å². The summed E-state index contributed by atoms with van der Waals surface area (Å²) in [6, 6.07) is 1.73. The fourth-order valence-corrected chi connectivity index (χ4v) is 4.29. The van der Waals surface area contributed by atoms with Gasteiger partial charge < -0.3 is 5.32 Å². The van der Waals surface area contributed by atoms with Crippen LogP contribution in [0.1, 0.15) is 45.4 Å². The Morgan fingerprint density at radius 2 is 2.12 bits per heavy atom. The van der Waals surface area contributed by atoms with Crippen molar-refractivity contribution in [1.82, 2.24) is 10.2 Å². The van der Waals surface area contributed by atoms with Gasteiger partial charge in [0, 0.05) is 18.6 Å². The molecule has 4 atom stereocenters. The van der Waals surface area contributed by atoms with Gasteiger partial charge in [-0.3, -0.25) is 4.90 Å². The molecule has 1 saturated carbocycles. The molecule has 4 unspecified atom stereocenters. The number of nitrogens with one attached hydrogen (secondary N) is 1. The van der Waals surface area contributed by atoms with Crippen LogP contribution in [-0.2, 0) is 0 Å². The Morgan fingerprint density at radius 3 is 3.00 bits per heavy atom.